The van der Waals surface area contributed by atoms with Crippen LogP contribution in [-0.2, 0) is 4.74 Å². The maximum atomic E-state index is 12.3. The molecule has 0 aliphatic heterocycles. The van der Waals surface area contributed by atoms with Gasteiger partial charge in [0, 0.05) is 24.7 Å². The Hall–Kier alpha value is -0.420. The average molecular weight is 319 g/mol. The molecular weight excluding hydrogens is 284 g/mol. The summed E-state index contributed by atoms with van der Waals surface area (Å²) < 4.78 is 5.50. The highest BCUT2D eigenvalue weighted by Crippen LogP contribution is 2.18. The molecule has 21 heavy (non-hydrogen) atoms. The summed E-state index contributed by atoms with van der Waals surface area (Å²) in [4.78, 5) is 14.1. The van der Waals surface area contributed by atoms with Crippen LogP contribution in [0.3, 0.4) is 0 Å². The second-order valence-corrected chi connectivity index (χ2v) is 8.43. The number of amides is 1. The molecule has 0 aliphatic carbocycles. The van der Waals surface area contributed by atoms with Gasteiger partial charge in [-0.2, -0.15) is 11.8 Å². The number of nitrogens with zero attached hydrogens (tertiary/aromatic N) is 1. The molecule has 0 aliphatic rings. The van der Waals surface area contributed by atoms with Crippen molar-refractivity contribution in [3.05, 3.63) is 0 Å². The van der Waals surface area contributed by atoms with E-state index < -0.39 is 5.60 Å². The fourth-order valence-corrected chi connectivity index (χ4v) is 2.43. The molecule has 0 heterocycles. The molecule has 0 saturated carbocycles. The quantitative estimate of drug-likeness (QED) is 0.776. The van der Waals surface area contributed by atoms with Crippen LogP contribution in [0.1, 0.15) is 54.9 Å². The van der Waals surface area contributed by atoms with Crippen molar-refractivity contribution >= 4 is 17.9 Å². The van der Waals surface area contributed by atoms with Gasteiger partial charge in [-0.25, -0.2) is 4.79 Å². The molecule has 126 valence electrons. The fourth-order valence-electron chi connectivity index (χ4n) is 1.84. The van der Waals surface area contributed by atoms with E-state index in [4.69, 9.17) is 4.74 Å². The monoisotopic (exact) mass is 318 g/mol. The standard InChI is InChI=1S/C16H34N2O2S/c1-13(9-12-21-8)17-10-11-18(15(2,3)4)14(19)20-16(5,6)7/h13,17H,9-12H2,1-8H3. The number of rotatable bonds is 7. The summed E-state index contributed by atoms with van der Waals surface area (Å²) in [7, 11) is 0. The number of thioether (sulfide) groups is 1. The third-order valence-electron chi connectivity index (χ3n) is 3.01. The van der Waals surface area contributed by atoms with Crippen molar-refractivity contribution in [1.82, 2.24) is 10.2 Å². The van der Waals surface area contributed by atoms with Gasteiger partial charge in [0.2, 0.25) is 0 Å². The van der Waals surface area contributed by atoms with E-state index in [1.54, 1.807) is 4.90 Å². The van der Waals surface area contributed by atoms with Crippen LogP contribution in [0.5, 0.6) is 0 Å². The Labute approximate surface area is 135 Å². The van der Waals surface area contributed by atoms with Gasteiger partial charge in [-0.15, -0.1) is 0 Å². The number of ether oxygens (including phenoxy) is 1. The first kappa shape index (κ1) is 20.6. The van der Waals surface area contributed by atoms with Gasteiger partial charge in [0.1, 0.15) is 5.60 Å². The number of carbonyl (C=O) groups excluding carboxylic acids is 1. The molecule has 0 bridgehead atoms. The summed E-state index contributed by atoms with van der Waals surface area (Å²) >= 11 is 1.86. The van der Waals surface area contributed by atoms with E-state index in [0.717, 1.165) is 18.7 Å². The van der Waals surface area contributed by atoms with Crippen LogP contribution in [0, 0.1) is 0 Å². The largest absolute Gasteiger partial charge is 0.444 e. The minimum absolute atomic E-state index is 0.242. The normalized spacial score (nSPS) is 13.9. The highest BCUT2D eigenvalue weighted by atomic mass is 32.2. The van der Waals surface area contributed by atoms with Crippen LogP contribution in [0.4, 0.5) is 4.79 Å². The predicted octanol–water partition coefficient (Wildman–Crippen LogP) is 3.75. The van der Waals surface area contributed by atoms with Gasteiger partial charge in [-0.1, -0.05) is 0 Å². The van der Waals surface area contributed by atoms with Gasteiger partial charge in [0.05, 0.1) is 0 Å². The Morgan fingerprint density at radius 1 is 1.24 bits per heavy atom. The van der Waals surface area contributed by atoms with Crippen LogP contribution < -0.4 is 5.32 Å². The molecule has 5 heteroatoms. The third-order valence-corrected chi connectivity index (χ3v) is 3.65. The van der Waals surface area contributed by atoms with Gasteiger partial charge in [0.15, 0.2) is 0 Å². The van der Waals surface area contributed by atoms with Gasteiger partial charge in [-0.05, 0) is 66.9 Å². The Morgan fingerprint density at radius 2 is 1.81 bits per heavy atom. The molecule has 1 amide bonds. The van der Waals surface area contributed by atoms with Crippen molar-refractivity contribution < 1.29 is 9.53 Å². The topological polar surface area (TPSA) is 41.6 Å². The maximum Gasteiger partial charge on any atom is 0.410 e. The first-order valence-corrected chi connectivity index (χ1v) is 9.09. The number of hydrogen-bond donors (Lipinski definition) is 1. The minimum atomic E-state index is -0.459. The average Bonchev–Trinajstić information content (AvgIpc) is 2.27. The van der Waals surface area contributed by atoms with E-state index in [1.165, 1.54) is 0 Å². The molecule has 1 atom stereocenters. The van der Waals surface area contributed by atoms with Crippen LogP contribution >= 0.6 is 11.8 Å². The summed E-state index contributed by atoms with van der Waals surface area (Å²) in [6, 6.07) is 0.470. The zero-order chi connectivity index (χ0) is 16.7. The highest BCUT2D eigenvalue weighted by molar-refractivity contribution is 7.98. The summed E-state index contributed by atoms with van der Waals surface area (Å²) in [6.07, 6.45) is 3.02. The molecule has 1 unspecified atom stereocenters. The minimum Gasteiger partial charge on any atom is -0.444 e. The molecule has 0 fully saturated rings. The van der Waals surface area contributed by atoms with E-state index in [0.29, 0.717) is 12.6 Å². The second-order valence-electron chi connectivity index (χ2n) is 7.44. The molecule has 0 saturated heterocycles. The van der Waals surface area contributed by atoms with Crippen LogP contribution in [-0.4, -0.2) is 53.3 Å². The van der Waals surface area contributed by atoms with E-state index in [2.05, 4.69) is 18.5 Å². The van der Waals surface area contributed by atoms with Crippen LogP contribution in [0.15, 0.2) is 0 Å². The van der Waals surface area contributed by atoms with Gasteiger partial charge >= 0.3 is 6.09 Å². The summed E-state index contributed by atoms with van der Waals surface area (Å²) in [5.41, 5.74) is -0.702. The van der Waals surface area contributed by atoms with Gasteiger partial charge < -0.3 is 15.0 Å². The Balaban J connectivity index is 4.43. The van der Waals surface area contributed by atoms with Crippen molar-refractivity contribution in [2.75, 3.05) is 25.1 Å². The van der Waals surface area contributed by atoms with E-state index in [-0.39, 0.29) is 11.6 Å². The highest BCUT2D eigenvalue weighted by Gasteiger charge is 2.30. The SMILES string of the molecule is CSCCC(C)NCCN(C(=O)OC(C)(C)C)C(C)(C)C. The third kappa shape index (κ3) is 10.0. The molecule has 0 aromatic carbocycles. The van der Waals surface area contributed by atoms with Crippen LogP contribution in [0.2, 0.25) is 0 Å². The zero-order valence-corrected chi connectivity index (χ0v) is 15.9. The summed E-state index contributed by atoms with van der Waals surface area (Å²) in [5, 5.41) is 3.47. The molecule has 0 rings (SSSR count). The number of carbonyl (C=O) groups is 1. The van der Waals surface area contributed by atoms with Crippen molar-refractivity contribution in [1.29, 1.82) is 0 Å². The van der Waals surface area contributed by atoms with Crippen molar-refractivity contribution in [2.45, 2.75) is 72.1 Å². The molecule has 0 aromatic heterocycles. The summed E-state index contributed by atoms with van der Waals surface area (Å²) in [5.74, 6) is 1.16. The van der Waals surface area contributed by atoms with Gasteiger partial charge in [-0.3, -0.25) is 0 Å². The lowest BCUT2D eigenvalue weighted by Crippen LogP contribution is -2.50. The fraction of sp³-hybridized carbons (Fsp3) is 0.938. The Bertz CT molecular complexity index is 308. The molecule has 0 spiro atoms. The van der Waals surface area contributed by atoms with E-state index in [9.17, 15) is 4.79 Å². The molecule has 0 radical (unpaired) electrons. The molecule has 4 nitrogen and oxygen atoms in total. The Kier molecular flexibility index (Phi) is 8.71. The second kappa shape index (κ2) is 8.89. The number of hydrogen-bond acceptors (Lipinski definition) is 4. The van der Waals surface area contributed by atoms with E-state index >= 15 is 0 Å². The maximum absolute atomic E-state index is 12.3. The number of nitrogens with one attached hydrogen (secondary N) is 1. The zero-order valence-electron chi connectivity index (χ0n) is 15.1. The molecular formula is C16H34N2O2S. The molecule has 0 aromatic rings. The Morgan fingerprint density at radius 3 is 2.24 bits per heavy atom. The van der Waals surface area contributed by atoms with E-state index in [1.807, 2.05) is 53.3 Å². The van der Waals surface area contributed by atoms with Crippen molar-refractivity contribution in [3.8, 4) is 0 Å². The first-order chi connectivity index (χ1) is 9.47. The van der Waals surface area contributed by atoms with Crippen molar-refractivity contribution in [2.24, 2.45) is 0 Å². The lowest BCUT2D eigenvalue weighted by atomic mass is 10.1. The van der Waals surface area contributed by atoms with Crippen molar-refractivity contribution in [3.63, 3.8) is 0 Å². The van der Waals surface area contributed by atoms with Gasteiger partial charge in [0.25, 0.3) is 0 Å². The predicted molar refractivity (Wildman–Crippen MR) is 93.2 cm³/mol. The summed E-state index contributed by atoms with van der Waals surface area (Å²) in [6.45, 7) is 15.4. The lowest BCUT2D eigenvalue weighted by molar-refractivity contribution is 0.00649. The molecule has 1 N–H and O–H groups in total. The smallest absolute Gasteiger partial charge is 0.410 e. The van der Waals surface area contributed by atoms with Crippen LogP contribution in [0.25, 0.3) is 0 Å². The lowest BCUT2D eigenvalue weighted by Gasteiger charge is -2.37. The first-order valence-electron chi connectivity index (χ1n) is 7.70.